The summed E-state index contributed by atoms with van der Waals surface area (Å²) in [5.41, 5.74) is 1.51. The number of hydrogen-bond acceptors (Lipinski definition) is 0. The van der Waals surface area contributed by atoms with E-state index in [1.165, 1.54) is 17.7 Å². The van der Waals surface area contributed by atoms with Crippen molar-refractivity contribution in [3.05, 3.63) is 35.6 Å². The Morgan fingerprint density at radius 3 is 2.13 bits per heavy atom. The van der Waals surface area contributed by atoms with Gasteiger partial charge < -0.3 is 0 Å². The van der Waals surface area contributed by atoms with Crippen LogP contribution in [0.1, 0.15) is 26.3 Å². The Kier molecular flexibility index (Phi) is 2.34. The third-order valence-electron chi connectivity index (χ3n) is 4.42. The van der Waals surface area contributed by atoms with Gasteiger partial charge in [0.1, 0.15) is 5.82 Å². The number of alkyl halides is 1. The van der Waals surface area contributed by atoms with Crippen molar-refractivity contribution in [2.75, 3.05) is 5.88 Å². The first-order valence-corrected chi connectivity index (χ1v) is 5.80. The number of rotatable bonds is 2. The highest BCUT2D eigenvalue weighted by Crippen LogP contribution is 2.69. The van der Waals surface area contributed by atoms with Gasteiger partial charge in [0.2, 0.25) is 0 Å². The van der Waals surface area contributed by atoms with E-state index in [4.69, 9.17) is 11.6 Å². The van der Waals surface area contributed by atoms with Crippen molar-refractivity contribution in [2.24, 2.45) is 11.3 Å². The van der Waals surface area contributed by atoms with Crippen LogP contribution < -0.4 is 0 Å². The fraction of sp³-hybridized carbons (Fsp3) is 0.538. The number of halogens is 2. The van der Waals surface area contributed by atoms with E-state index < -0.39 is 0 Å². The maximum atomic E-state index is 12.8. The molecular weight excluding hydrogens is 211 g/mol. The molecule has 1 aliphatic rings. The Morgan fingerprint density at radius 2 is 1.73 bits per heavy atom. The van der Waals surface area contributed by atoms with E-state index in [0.717, 1.165) is 0 Å². The summed E-state index contributed by atoms with van der Waals surface area (Å²) in [6, 6.07) is 6.81. The highest BCUT2D eigenvalue weighted by molar-refractivity contribution is 6.18. The lowest BCUT2D eigenvalue weighted by Crippen LogP contribution is -2.09. The van der Waals surface area contributed by atoms with Crippen LogP contribution in [0, 0.1) is 17.2 Å². The van der Waals surface area contributed by atoms with Gasteiger partial charge in [-0.2, -0.15) is 0 Å². The van der Waals surface area contributed by atoms with Crippen molar-refractivity contribution < 1.29 is 4.39 Å². The Morgan fingerprint density at radius 1 is 1.20 bits per heavy atom. The van der Waals surface area contributed by atoms with Crippen LogP contribution >= 0.6 is 11.6 Å². The van der Waals surface area contributed by atoms with Crippen molar-refractivity contribution in [3.8, 4) is 0 Å². The average molecular weight is 227 g/mol. The summed E-state index contributed by atoms with van der Waals surface area (Å²) in [7, 11) is 0. The monoisotopic (exact) mass is 226 g/mol. The molecule has 0 aliphatic heterocycles. The fourth-order valence-corrected chi connectivity index (χ4v) is 3.51. The van der Waals surface area contributed by atoms with Crippen LogP contribution in [-0.4, -0.2) is 5.88 Å². The van der Waals surface area contributed by atoms with Crippen LogP contribution in [0.25, 0.3) is 0 Å². The molecule has 0 nitrogen and oxygen atoms in total. The molecule has 1 aliphatic carbocycles. The summed E-state index contributed by atoms with van der Waals surface area (Å²) in [6.45, 7) is 6.67. The Balaban J connectivity index is 2.36. The Labute approximate surface area is 95.4 Å². The highest BCUT2D eigenvalue weighted by atomic mass is 35.5. The molecule has 0 heterocycles. The molecule has 1 saturated carbocycles. The smallest absolute Gasteiger partial charge is 0.123 e. The van der Waals surface area contributed by atoms with Gasteiger partial charge in [0.15, 0.2) is 0 Å². The van der Waals surface area contributed by atoms with Crippen LogP contribution in [0.5, 0.6) is 0 Å². The molecule has 0 radical (unpaired) electrons. The first-order valence-electron chi connectivity index (χ1n) is 5.26. The van der Waals surface area contributed by atoms with E-state index >= 15 is 0 Å². The summed E-state index contributed by atoms with van der Waals surface area (Å²) in [5, 5.41) is 0. The molecule has 2 heteroatoms. The van der Waals surface area contributed by atoms with Gasteiger partial charge in [0.25, 0.3) is 0 Å². The molecule has 0 saturated heterocycles. The minimum absolute atomic E-state index is 0.0997. The van der Waals surface area contributed by atoms with Crippen molar-refractivity contribution in [1.29, 1.82) is 0 Å². The minimum atomic E-state index is -0.178. The summed E-state index contributed by atoms with van der Waals surface area (Å²) < 4.78 is 12.8. The molecule has 0 spiro atoms. The lowest BCUT2D eigenvalue weighted by molar-refractivity contribution is 0.521. The zero-order chi connectivity index (χ0) is 11.3. The van der Waals surface area contributed by atoms with Gasteiger partial charge in [-0.05, 0) is 29.0 Å². The Bertz CT molecular complexity index is 369. The lowest BCUT2D eigenvalue weighted by Gasteiger charge is -2.15. The standard InChI is InChI=1S/C13H16ClF/c1-12(2)11(8-14)13(12,3)9-4-6-10(15)7-5-9/h4-7,11H,8H2,1-3H3. The normalized spacial score (nSPS) is 32.7. The second-order valence-electron chi connectivity index (χ2n) is 5.14. The van der Waals surface area contributed by atoms with Crippen molar-refractivity contribution >= 4 is 11.6 Å². The third-order valence-corrected chi connectivity index (χ3v) is 4.73. The summed E-state index contributed by atoms with van der Waals surface area (Å²) in [5.74, 6) is 0.973. The fourth-order valence-electron chi connectivity index (χ4n) is 2.82. The molecule has 0 aromatic heterocycles. The van der Waals surface area contributed by atoms with Gasteiger partial charge in [0, 0.05) is 11.3 Å². The zero-order valence-corrected chi connectivity index (χ0v) is 10.1. The second-order valence-corrected chi connectivity index (χ2v) is 5.45. The Hall–Kier alpha value is -0.560. The minimum Gasteiger partial charge on any atom is -0.207 e. The van der Waals surface area contributed by atoms with E-state index in [1.807, 2.05) is 12.1 Å². The first kappa shape index (κ1) is 10.9. The van der Waals surface area contributed by atoms with E-state index in [1.54, 1.807) is 0 Å². The largest absolute Gasteiger partial charge is 0.207 e. The van der Waals surface area contributed by atoms with Crippen LogP contribution in [0.3, 0.4) is 0 Å². The predicted molar refractivity (Wildman–Crippen MR) is 61.7 cm³/mol. The van der Waals surface area contributed by atoms with Gasteiger partial charge in [0.05, 0.1) is 0 Å². The summed E-state index contributed by atoms with van der Waals surface area (Å²) in [4.78, 5) is 0. The molecule has 0 amide bonds. The SMILES string of the molecule is CC1(C)C(CCl)C1(C)c1ccc(F)cc1. The molecule has 0 N–H and O–H groups in total. The van der Waals surface area contributed by atoms with Crippen molar-refractivity contribution in [3.63, 3.8) is 0 Å². The molecule has 15 heavy (non-hydrogen) atoms. The molecule has 2 unspecified atom stereocenters. The lowest BCUT2D eigenvalue weighted by atomic mass is 9.90. The van der Waals surface area contributed by atoms with E-state index in [2.05, 4.69) is 20.8 Å². The highest BCUT2D eigenvalue weighted by Gasteiger charge is 2.67. The van der Waals surface area contributed by atoms with Gasteiger partial charge >= 0.3 is 0 Å². The van der Waals surface area contributed by atoms with Crippen LogP contribution in [0.4, 0.5) is 4.39 Å². The van der Waals surface area contributed by atoms with Gasteiger partial charge in [-0.1, -0.05) is 32.9 Å². The van der Waals surface area contributed by atoms with Gasteiger partial charge in [-0.15, -0.1) is 11.6 Å². The molecule has 1 fully saturated rings. The predicted octanol–water partition coefficient (Wildman–Crippen LogP) is 3.98. The van der Waals surface area contributed by atoms with Gasteiger partial charge in [-0.3, -0.25) is 0 Å². The van der Waals surface area contributed by atoms with E-state index in [9.17, 15) is 4.39 Å². The third kappa shape index (κ3) is 1.32. The quantitative estimate of drug-likeness (QED) is 0.670. The molecule has 2 atom stereocenters. The first-order chi connectivity index (χ1) is 6.94. The zero-order valence-electron chi connectivity index (χ0n) is 9.35. The van der Waals surface area contributed by atoms with Gasteiger partial charge in [-0.25, -0.2) is 4.39 Å². The topological polar surface area (TPSA) is 0 Å². The van der Waals surface area contributed by atoms with Crippen molar-refractivity contribution in [2.45, 2.75) is 26.2 Å². The average Bonchev–Trinajstić information content (AvgIpc) is 2.62. The molecule has 0 bridgehead atoms. The van der Waals surface area contributed by atoms with E-state index in [-0.39, 0.29) is 16.6 Å². The second kappa shape index (κ2) is 3.21. The van der Waals surface area contributed by atoms with Crippen LogP contribution in [0.15, 0.2) is 24.3 Å². The summed E-state index contributed by atoms with van der Waals surface area (Å²) >= 11 is 5.97. The maximum absolute atomic E-state index is 12.8. The molecule has 1 aromatic rings. The molecular formula is C13H16ClF. The molecule has 82 valence electrons. The molecule has 2 rings (SSSR count). The summed E-state index contributed by atoms with van der Waals surface area (Å²) in [6.07, 6.45) is 0. The number of benzene rings is 1. The van der Waals surface area contributed by atoms with Crippen LogP contribution in [-0.2, 0) is 5.41 Å². The maximum Gasteiger partial charge on any atom is 0.123 e. The molecule has 1 aromatic carbocycles. The van der Waals surface area contributed by atoms with Crippen LogP contribution in [0.2, 0.25) is 0 Å². The number of hydrogen-bond donors (Lipinski definition) is 0. The van der Waals surface area contributed by atoms with Crippen molar-refractivity contribution in [1.82, 2.24) is 0 Å². The van der Waals surface area contributed by atoms with E-state index in [0.29, 0.717) is 11.8 Å².